The van der Waals surface area contributed by atoms with Crippen LogP contribution in [-0.2, 0) is 57.0 Å². The molecule has 0 aromatic carbocycles. The van der Waals surface area contributed by atoms with E-state index in [1.54, 1.807) is 6.92 Å². The lowest BCUT2D eigenvalue weighted by Crippen LogP contribution is -2.68. The van der Waals surface area contributed by atoms with E-state index in [1.807, 2.05) is 0 Å². The average Bonchev–Trinajstić information content (AvgIpc) is 3.26. The molecular weight excluding hydrogens is 860 g/mol. The van der Waals surface area contributed by atoms with Gasteiger partial charge in [-0.15, -0.1) is 0 Å². The van der Waals surface area contributed by atoms with Gasteiger partial charge in [0.2, 0.25) is 0 Å². The number of aliphatic hydroxyl groups is 8. The molecule has 20 nitrogen and oxygen atoms in total. The number of unbranched alkanes of at least 4 members (excludes halogenated alkanes) is 2. The Labute approximate surface area is 382 Å². The number of carbonyl (C=O) groups is 2. The maximum Gasteiger partial charge on any atom is 0.311 e. The number of ether oxygens (including phenoxy) is 10. The summed E-state index contributed by atoms with van der Waals surface area (Å²) in [6.07, 6.45) is -21.6. The zero-order valence-corrected chi connectivity index (χ0v) is 38.9. The predicted octanol–water partition coefficient (Wildman–Crippen LogP) is 0.978. The highest BCUT2D eigenvalue weighted by molar-refractivity contribution is 5.73. The van der Waals surface area contributed by atoms with Crippen LogP contribution in [0, 0.1) is 5.92 Å². The molecule has 5 saturated heterocycles. The van der Waals surface area contributed by atoms with Crippen molar-refractivity contribution in [3.8, 4) is 0 Å². The Morgan fingerprint density at radius 2 is 1.15 bits per heavy atom. The van der Waals surface area contributed by atoms with Gasteiger partial charge in [-0.1, -0.05) is 64.7 Å². The highest BCUT2D eigenvalue weighted by Crippen LogP contribution is 2.38. The van der Waals surface area contributed by atoms with E-state index in [0.29, 0.717) is 19.3 Å². The maximum absolute atomic E-state index is 13.6. The van der Waals surface area contributed by atoms with Crippen LogP contribution >= 0.6 is 0 Å². The largest absolute Gasteiger partial charge is 0.455 e. The fraction of sp³-hybridized carbons (Fsp3) is 0.956. The number of aliphatic hydroxyl groups excluding tert-OH is 8. The van der Waals surface area contributed by atoms with Crippen LogP contribution in [-0.4, -0.2) is 188 Å². The van der Waals surface area contributed by atoms with E-state index in [0.717, 1.165) is 57.8 Å². The zero-order valence-electron chi connectivity index (χ0n) is 38.9. The Morgan fingerprint density at radius 3 is 1.82 bits per heavy atom. The lowest BCUT2D eigenvalue weighted by atomic mass is 9.95. The molecule has 0 spiro atoms. The summed E-state index contributed by atoms with van der Waals surface area (Å²) in [4.78, 5) is 26.9. The van der Waals surface area contributed by atoms with Crippen molar-refractivity contribution in [1.29, 1.82) is 0 Å². The fourth-order valence-corrected chi connectivity index (χ4v) is 8.86. The Bertz CT molecular complexity index is 1440. The molecule has 5 aliphatic rings. The Hall–Kier alpha value is -1.70. The summed E-state index contributed by atoms with van der Waals surface area (Å²) in [6, 6.07) is 0. The van der Waals surface area contributed by atoms with Gasteiger partial charge in [-0.3, -0.25) is 9.59 Å². The molecule has 5 heterocycles. The molecule has 0 amide bonds. The lowest BCUT2D eigenvalue weighted by molar-refractivity contribution is -0.406. The van der Waals surface area contributed by atoms with E-state index in [9.17, 15) is 50.4 Å². The summed E-state index contributed by atoms with van der Waals surface area (Å²) < 4.78 is 62.1. The van der Waals surface area contributed by atoms with Crippen LogP contribution in [0.3, 0.4) is 0 Å². The van der Waals surface area contributed by atoms with Crippen LogP contribution in [0.1, 0.15) is 132 Å². The molecule has 8 N–H and O–H groups in total. The van der Waals surface area contributed by atoms with Crippen LogP contribution in [0.5, 0.6) is 0 Å². The van der Waals surface area contributed by atoms with Crippen LogP contribution in [0.2, 0.25) is 0 Å². The first-order valence-corrected chi connectivity index (χ1v) is 23.9. The number of hydrogen-bond donors (Lipinski definition) is 8. The van der Waals surface area contributed by atoms with Crippen molar-refractivity contribution in [3.63, 3.8) is 0 Å². The second-order valence-electron chi connectivity index (χ2n) is 18.7. The van der Waals surface area contributed by atoms with E-state index in [2.05, 4.69) is 6.92 Å². The van der Waals surface area contributed by atoms with Gasteiger partial charge in [-0.05, 0) is 60.8 Å². The molecule has 5 rings (SSSR count). The third-order valence-electron chi connectivity index (χ3n) is 13.5. The van der Waals surface area contributed by atoms with Crippen molar-refractivity contribution in [1.82, 2.24) is 0 Å². The number of hydrogen-bond acceptors (Lipinski definition) is 20. The fourth-order valence-electron chi connectivity index (χ4n) is 8.86. The molecule has 2 bridgehead atoms. The molecule has 0 aromatic rings. The standard InChI is InChI=1S/C45H78O20/c1-8-9-15-18-27-19-16-13-11-10-12-14-17-20-28(47)61-39-36(62-41(55)21(2)22(3)46)31(50)25(6)58-44(39)63-37-32(51)26(7)59-45(64-38-34(53)30(49)24(5)57-43(38)60-27)40(37)65-42-35(54)33(52)29(48)23(4)56-42/h21-27,29-40,42-46,48-54H,8-20H2,1-7H3. The number of carbonyl (C=O) groups excluding carboxylic acids is 2. The summed E-state index contributed by atoms with van der Waals surface area (Å²) in [5.74, 6) is -2.67. The Balaban J connectivity index is 1.58. The third-order valence-corrected chi connectivity index (χ3v) is 13.5. The summed E-state index contributed by atoms with van der Waals surface area (Å²) in [5.41, 5.74) is 0. The van der Waals surface area contributed by atoms with E-state index in [1.165, 1.54) is 34.6 Å². The van der Waals surface area contributed by atoms with Crippen LogP contribution in [0.15, 0.2) is 0 Å². The first-order valence-electron chi connectivity index (χ1n) is 23.9. The second-order valence-corrected chi connectivity index (χ2v) is 18.7. The molecule has 5 aliphatic heterocycles. The van der Waals surface area contributed by atoms with Gasteiger partial charge in [-0.2, -0.15) is 0 Å². The number of fused-ring (bicyclic) bond motifs is 4. The van der Waals surface area contributed by atoms with E-state index < -0.39 is 147 Å². The van der Waals surface area contributed by atoms with E-state index in [-0.39, 0.29) is 12.5 Å². The smallest absolute Gasteiger partial charge is 0.311 e. The molecule has 65 heavy (non-hydrogen) atoms. The van der Waals surface area contributed by atoms with Crippen LogP contribution in [0.25, 0.3) is 0 Å². The molecular formula is C45H78O20. The summed E-state index contributed by atoms with van der Waals surface area (Å²) in [6.45, 7) is 10.9. The van der Waals surface area contributed by atoms with Gasteiger partial charge in [0.25, 0.3) is 0 Å². The van der Waals surface area contributed by atoms with Crippen LogP contribution < -0.4 is 0 Å². The van der Waals surface area contributed by atoms with Crippen molar-refractivity contribution in [2.75, 3.05) is 0 Å². The highest BCUT2D eigenvalue weighted by atomic mass is 16.8. The molecule has 5 fully saturated rings. The monoisotopic (exact) mass is 939 g/mol. The number of esters is 2. The predicted molar refractivity (Wildman–Crippen MR) is 225 cm³/mol. The SMILES string of the molecule is CCCCCC1CCCCCCCCCC(=O)OC2C(OC(C)C(O)C2OC(=O)C(C)C(C)O)OC2C(O)C(C)OC(OC3C(O1)OC(C)C(O)C3O)C2OC1OC(C)C(O)C(O)C1O. The van der Waals surface area contributed by atoms with Crippen molar-refractivity contribution in [3.05, 3.63) is 0 Å². The zero-order chi connectivity index (χ0) is 47.7. The van der Waals surface area contributed by atoms with E-state index >= 15 is 0 Å². The molecule has 378 valence electrons. The molecule has 23 atom stereocenters. The van der Waals surface area contributed by atoms with Crippen molar-refractivity contribution < 1.29 is 97.8 Å². The molecule has 20 heteroatoms. The molecule has 23 unspecified atom stereocenters. The van der Waals surface area contributed by atoms with Crippen molar-refractivity contribution in [2.45, 2.75) is 267 Å². The molecule has 0 aliphatic carbocycles. The number of rotatable bonds is 9. The van der Waals surface area contributed by atoms with Gasteiger partial charge in [0.1, 0.15) is 61.0 Å². The quantitative estimate of drug-likeness (QED) is 0.118. The summed E-state index contributed by atoms with van der Waals surface area (Å²) in [5, 5.41) is 88.9. The minimum atomic E-state index is -1.87. The minimum Gasteiger partial charge on any atom is -0.455 e. The Kier molecular flexibility index (Phi) is 21.1. The van der Waals surface area contributed by atoms with Gasteiger partial charge in [-0.25, -0.2) is 0 Å². The van der Waals surface area contributed by atoms with Gasteiger partial charge in [0, 0.05) is 6.42 Å². The minimum absolute atomic E-state index is 0.0321. The topological polar surface area (TPSA) is 288 Å². The Morgan fingerprint density at radius 1 is 0.600 bits per heavy atom. The second kappa shape index (κ2) is 25.2. The summed E-state index contributed by atoms with van der Waals surface area (Å²) >= 11 is 0. The first kappa shape index (κ1) is 54.2. The van der Waals surface area contributed by atoms with Gasteiger partial charge < -0.3 is 88.2 Å². The van der Waals surface area contributed by atoms with Crippen LogP contribution in [0.4, 0.5) is 0 Å². The van der Waals surface area contributed by atoms with Gasteiger partial charge in [0.15, 0.2) is 37.4 Å². The molecule has 0 aromatic heterocycles. The van der Waals surface area contributed by atoms with E-state index in [4.69, 9.17) is 47.4 Å². The third kappa shape index (κ3) is 14.0. The summed E-state index contributed by atoms with van der Waals surface area (Å²) in [7, 11) is 0. The van der Waals surface area contributed by atoms with Crippen molar-refractivity contribution in [2.24, 2.45) is 5.92 Å². The molecule has 0 saturated carbocycles. The lowest BCUT2D eigenvalue weighted by Gasteiger charge is -2.50. The molecule has 0 radical (unpaired) electrons. The first-order chi connectivity index (χ1) is 30.8. The normalized spacial score (nSPS) is 45.3. The average molecular weight is 939 g/mol. The maximum atomic E-state index is 13.6. The van der Waals surface area contributed by atoms with Crippen molar-refractivity contribution >= 4 is 11.9 Å². The van der Waals surface area contributed by atoms with Gasteiger partial charge >= 0.3 is 11.9 Å². The van der Waals surface area contributed by atoms with Gasteiger partial charge in [0.05, 0.1) is 42.5 Å². The highest BCUT2D eigenvalue weighted by Gasteiger charge is 2.57.